The third-order valence-electron chi connectivity index (χ3n) is 2.54. The SMILES string of the molecule is COCCOc1nc(NN)nc(N2CCOCC2)n1. The Labute approximate surface area is 111 Å². The molecule has 2 heterocycles. The zero-order chi connectivity index (χ0) is 13.5. The minimum absolute atomic E-state index is 0.224. The zero-order valence-electron chi connectivity index (χ0n) is 10.8. The summed E-state index contributed by atoms with van der Waals surface area (Å²) in [6, 6.07) is 0.224. The smallest absolute Gasteiger partial charge is 0.323 e. The molecule has 0 aromatic carbocycles. The van der Waals surface area contributed by atoms with Crippen molar-refractivity contribution in [3.63, 3.8) is 0 Å². The highest BCUT2D eigenvalue weighted by molar-refractivity contribution is 5.37. The number of rotatable bonds is 6. The molecule has 0 bridgehead atoms. The molecule has 0 aliphatic carbocycles. The van der Waals surface area contributed by atoms with E-state index in [1.807, 2.05) is 4.90 Å². The zero-order valence-corrected chi connectivity index (χ0v) is 10.8. The molecular formula is C10H18N6O3. The Morgan fingerprint density at radius 3 is 2.74 bits per heavy atom. The van der Waals surface area contributed by atoms with Gasteiger partial charge in [-0.05, 0) is 0 Å². The first-order valence-electron chi connectivity index (χ1n) is 6.00. The van der Waals surface area contributed by atoms with Gasteiger partial charge in [0, 0.05) is 20.2 Å². The molecule has 1 saturated heterocycles. The minimum Gasteiger partial charge on any atom is -0.461 e. The van der Waals surface area contributed by atoms with Crippen LogP contribution in [-0.2, 0) is 9.47 Å². The van der Waals surface area contributed by atoms with E-state index in [0.717, 1.165) is 13.1 Å². The molecule has 1 aliphatic heterocycles. The van der Waals surface area contributed by atoms with Crippen molar-refractivity contribution in [3.8, 4) is 6.01 Å². The lowest BCUT2D eigenvalue weighted by molar-refractivity contribution is 0.121. The van der Waals surface area contributed by atoms with E-state index >= 15 is 0 Å². The number of hydrogen-bond donors (Lipinski definition) is 2. The maximum absolute atomic E-state index is 5.38. The van der Waals surface area contributed by atoms with E-state index < -0.39 is 0 Å². The summed E-state index contributed by atoms with van der Waals surface area (Å²) in [6.07, 6.45) is 0. The van der Waals surface area contributed by atoms with Crippen LogP contribution in [0.4, 0.5) is 11.9 Å². The van der Waals surface area contributed by atoms with E-state index in [-0.39, 0.29) is 12.0 Å². The van der Waals surface area contributed by atoms with Crippen molar-refractivity contribution in [2.75, 3.05) is 57.0 Å². The van der Waals surface area contributed by atoms with Crippen LogP contribution < -0.4 is 20.9 Å². The Morgan fingerprint density at radius 1 is 1.26 bits per heavy atom. The van der Waals surface area contributed by atoms with Crippen LogP contribution in [0.15, 0.2) is 0 Å². The first kappa shape index (κ1) is 13.7. The molecule has 9 heteroatoms. The molecule has 9 nitrogen and oxygen atoms in total. The lowest BCUT2D eigenvalue weighted by Crippen LogP contribution is -2.37. The van der Waals surface area contributed by atoms with Crippen LogP contribution >= 0.6 is 0 Å². The molecule has 3 N–H and O–H groups in total. The Bertz CT molecular complexity index is 399. The second-order valence-corrected chi connectivity index (χ2v) is 3.83. The van der Waals surface area contributed by atoms with E-state index in [1.165, 1.54) is 0 Å². The van der Waals surface area contributed by atoms with Crippen LogP contribution in [0.3, 0.4) is 0 Å². The molecule has 0 spiro atoms. The van der Waals surface area contributed by atoms with Gasteiger partial charge in [-0.15, -0.1) is 0 Å². The molecule has 1 aliphatic rings. The molecule has 0 radical (unpaired) electrons. The van der Waals surface area contributed by atoms with E-state index in [1.54, 1.807) is 7.11 Å². The third-order valence-corrected chi connectivity index (χ3v) is 2.54. The van der Waals surface area contributed by atoms with Crippen molar-refractivity contribution < 1.29 is 14.2 Å². The number of aromatic nitrogens is 3. The predicted molar refractivity (Wildman–Crippen MR) is 68.0 cm³/mol. The van der Waals surface area contributed by atoms with Crippen molar-refractivity contribution in [1.29, 1.82) is 0 Å². The number of nitrogen functional groups attached to an aromatic ring is 1. The molecule has 0 atom stereocenters. The van der Waals surface area contributed by atoms with Gasteiger partial charge in [0.15, 0.2) is 0 Å². The summed E-state index contributed by atoms with van der Waals surface area (Å²) in [6.45, 7) is 3.59. The lowest BCUT2D eigenvalue weighted by Gasteiger charge is -2.26. The fourth-order valence-electron chi connectivity index (χ4n) is 1.60. The summed E-state index contributed by atoms with van der Waals surface area (Å²) in [5.41, 5.74) is 2.41. The average Bonchev–Trinajstić information content (AvgIpc) is 2.48. The highest BCUT2D eigenvalue weighted by Crippen LogP contribution is 2.15. The fraction of sp³-hybridized carbons (Fsp3) is 0.700. The first-order valence-corrected chi connectivity index (χ1v) is 6.00. The quantitative estimate of drug-likeness (QED) is 0.383. The molecule has 19 heavy (non-hydrogen) atoms. The van der Waals surface area contributed by atoms with E-state index in [2.05, 4.69) is 20.4 Å². The lowest BCUT2D eigenvalue weighted by atomic mass is 10.4. The van der Waals surface area contributed by atoms with E-state index in [4.69, 9.17) is 20.1 Å². The Morgan fingerprint density at radius 2 is 2.05 bits per heavy atom. The standard InChI is InChI=1S/C10H18N6O3/c1-17-6-7-19-10-13-8(15-11)12-9(14-10)16-2-4-18-5-3-16/h2-7,11H2,1H3,(H,12,13,14,15). The largest absolute Gasteiger partial charge is 0.461 e. The Kier molecular flexibility index (Phi) is 5.07. The van der Waals surface area contributed by atoms with Gasteiger partial charge in [0.25, 0.3) is 0 Å². The molecule has 1 aromatic heterocycles. The molecule has 1 fully saturated rings. The van der Waals surface area contributed by atoms with Crippen LogP contribution in [-0.4, -0.2) is 61.6 Å². The molecular weight excluding hydrogens is 252 g/mol. The van der Waals surface area contributed by atoms with Gasteiger partial charge >= 0.3 is 6.01 Å². The molecule has 106 valence electrons. The van der Waals surface area contributed by atoms with E-state index in [0.29, 0.717) is 32.4 Å². The van der Waals surface area contributed by atoms with Gasteiger partial charge in [-0.25, -0.2) is 5.84 Å². The second-order valence-electron chi connectivity index (χ2n) is 3.83. The van der Waals surface area contributed by atoms with Crippen LogP contribution in [0.1, 0.15) is 0 Å². The molecule has 0 amide bonds. The van der Waals surface area contributed by atoms with Crippen molar-refractivity contribution in [3.05, 3.63) is 0 Å². The first-order chi connectivity index (χ1) is 9.33. The summed E-state index contributed by atoms with van der Waals surface area (Å²) in [4.78, 5) is 14.5. The number of anilines is 2. The van der Waals surface area contributed by atoms with Crippen LogP contribution in [0.25, 0.3) is 0 Å². The fourth-order valence-corrected chi connectivity index (χ4v) is 1.60. The summed E-state index contributed by atoms with van der Waals surface area (Å²) in [5, 5.41) is 0. The molecule has 1 aromatic rings. The predicted octanol–water partition coefficient (Wildman–Crippen LogP) is -0.981. The number of nitrogens with zero attached hydrogens (tertiary/aromatic N) is 4. The van der Waals surface area contributed by atoms with Gasteiger partial charge in [-0.1, -0.05) is 0 Å². The van der Waals surface area contributed by atoms with Crippen LogP contribution in [0.2, 0.25) is 0 Å². The number of ether oxygens (including phenoxy) is 3. The number of hydrogen-bond acceptors (Lipinski definition) is 9. The average molecular weight is 270 g/mol. The second kappa shape index (κ2) is 7.02. The maximum atomic E-state index is 5.38. The minimum atomic E-state index is 0.224. The van der Waals surface area contributed by atoms with Gasteiger partial charge in [-0.2, -0.15) is 15.0 Å². The summed E-state index contributed by atoms with van der Waals surface area (Å²) < 4.78 is 15.6. The van der Waals surface area contributed by atoms with Crippen molar-refractivity contribution in [1.82, 2.24) is 15.0 Å². The highest BCUT2D eigenvalue weighted by Gasteiger charge is 2.16. The normalized spacial score (nSPS) is 15.4. The van der Waals surface area contributed by atoms with E-state index in [9.17, 15) is 0 Å². The Hall–Kier alpha value is -1.71. The number of methoxy groups -OCH3 is 1. The van der Waals surface area contributed by atoms with Gasteiger partial charge in [0.05, 0.1) is 19.8 Å². The molecule has 0 saturated carbocycles. The third kappa shape index (κ3) is 3.88. The summed E-state index contributed by atoms with van der Waals surface area (Å²) in [5.74, 6) is 6.14. The van der Waals surface area contributed by atoms with Crippen LogP contribution in [0, 0.1) is 0 Å². The van der Waals surface area contributed by atoms with Gasteiger partial charge in [0.1, 0.15) is 6.61 Å². The van der Waals surface area contributed by atoms with Gasteiger partial charge in [0.2, 0.25) is 11.9 Å². The maximum Gasteiger partial charge on any atom is 0.323 e. The number of nitrogens with one attached hydrogen (secondary N) is 1. The number of hydrazine groups is 1. The Balaban J connectivity index is 2.10. The van der Waals surface area contributed by atoms with Crippen molar-refractivity contribution >= 4 is 11.9 Å². The summed E-state index contributed by atoms with van der Waals surface area (Å²) in [7, 11) is 1.60. The number of morpholine rings is 1. The van der Waals surface area contributed by atoms with Crippen molar-refractivity contribution in [2.24, 2.45) is 5.84 Å². The molecule has 0 unspecified atom stereocenters. The number of nitrogens with two attached hydrogens (primary N) is 1. The molecule has 2 rings (SSSR count). The van der Waals surface area contributed by atoms with Gasteiger partial charge < -0.3 is 19.1 Å². The highest BCUT2D eigenvalue weighted by atomic mass is 16.5. The summed E-state index contributed by atoms with van der Waals surface area (Å²) >= 11 is 0. The monoisotopic (exact) mass is 270 g/mol. The van der Waals surface area contributed by atoms with Gasteiger partial charge in [-0.3, -0.25) is 5.43 Å². The van der Waals surface area contributed by atoms with Crippen molar-refractivity contribution in [2.45, 2.75) is 0 Å². The topological polar surface area (TPSA) is 108 Å². The van der Waals surface area contributed by atoms with Crippen LogP contribution in [0.5, 0.6) is 6.01 Å².